The van der Waals surface area contributed by atoms with Gasteiger partial charge in [-0.1, -0.05) is 53.2 Å². The first-order chi connectivity index (χ1) is 16.7. The third-order valence-electron chi connectivity index (χ3n) is 11.5. The highest BCUT2D eigenvalue weighted by Gasteiger charge is 2.65. The molecule has 204 valence electrons. The summed E-state index contributed by atoms with van der Waals surface area (Å²) in [6.07, 6.45) is 9.21. The molecular weight excluding hydrogens is 452 g/mol. The molecule has 0 spiro atoms. The second kappa shape index (κ2) is 9.22. The molecular formula is C31H50O5. The summed E-state index contributed by atoms with van der Waals surface area (Å²) < 4.78 is 5.58. The summed E-state index contributed by atoms with van der Waals surface area (Å²) >= 11 is 0. The minimum Gasteiger partial charge on any atom is -0.465 e. The lowest BCUT2D eigenvalue weighted by Gasteiger charge is -2.66. The lowest BCUT2D eigenvalue weighted by atomic mass is 9.38. The van der Waals surface area contributed by atoms with Crippen molar-refractivity contribution in [1.29, 1.82) is 0 Å². The van der Waals surface area contributed by atoms with Gasteiger partial charge in [0.1, 0.15) is 6.29 Å². The van der Waals surface area contributed by atoms with E-state index >= 15 is 0 Å². The molecule has 0 radical (unpaired) electrons. The highest BCUT2D eigenvalue weighted by Crippen LogP contribution is 2.70. The van der Waals surface area contributed by atoms with Crippen LogP contribution in [0, 0.1) is 44.8 Å². The minimum atomic E-state index is -0.874. The van der Waals surface area contributed by atoms with Crippen LogP contribution in [-0.2, 0) is 14.3 Å². The van der Waals surface area contributed by atoms with E-state index < -0.39 is 23.0 Å². The Kier molecular flexibility index (Phi) is 7.13. The van der Waals surface area contributed by atoms with Crippen molar-refractivity contribution in [3.05, 3.63) is 11.6 Å². The molecule has 0 aromatic heterocycles. The number of fused-ring (bicyclic) bond motifs is 5. The predicted octanol–water partition coefficient (Wildman–Crippen LogP) is 5.86. The van der Waals surface area contributed by atoms with Crippen LogP contribution < -0.4 is 0 Å². The zero-order chi connectivity index (χ0) is 26.7. The van der Waals surface area contributed by atoms with Crippen molar-refractivity contribution in [1.82, 2.24) is 0 Å². The largest absolute Gasteiger partial charge is 0.465 e. The predicted molar refractivity (Wildman–Crippen MR) is 141 cm³/mol. The lowest BCUT2D eigenvalue weighted by Crippen LogP contribution is -2.63. The van der Waals surface area contributed by atoms with E-state index in [1.807, 2.05) is 13.8 Å². The first kappa shape index (κ1) is 27.8. The van der Waals surface area contributed by atoms with Crippen LogP contribution in [0.5, 0.6) is 0 Å². The summed E-state index contributed by atoms with van der Waals surface area (Å²) in [5, 5.41) is 22.5. The van der Waals surface area contributed by atoms with Crippen LogP contribution >= 0.6 is 0 Å². The molecule has 7 unspecified atom stereocenters. The van der Waals surface area contributed by atoms with E-state index in [1.165, 1.54) is 5.57 Å². The zero-order valence-corrected chi connectivity index (χ0v) is 23.7. The summed E-state index contributed by atoms with van der Waals surface area (Å²) in [6.45, 7) is 15.4. The molecule has 0 bridgehead atoms. The highest BCUT2D eigenvalue weighted by atomic mass is 16.5. The van der Waals surface area contributed by atoms with Crippen LogP contribution in [0.4, 0.5) is 0 Å². The van der Waals surface area contributed by atoms with Crippen LogP contribution in [0.25, 0.3) is 0 Å². The van der Waals surface area contributed by atoms with E-state index in [4.69, 9.17) is 4.74 Å². The molecule has 5 nitrogen and oxygen atoms in total. The molecule has 0 amide bonds. The lowest BCUT2D eigenvalue weighted by molar-refractivity contribution is -0.193. The molecule has 4 aliphatic carbocycles. The Hall–Kier alpha value is -1.20. The van der Waals surface area contributed by atoms with Crippen molar-refractivity contribution in [2.24, 2.45) is 44.8 Å². The Morgan fingerprint density at radius 2 is 1.75 bits per heavy atom. The number of allylic oxidation sites excluding steroid dienone is 2. The number of hydrogen-bond donors (Lipinski definition) is 2. The van der Waals surface area contributed by atoms with Gasteiger partial charge >= 0.3 is 5.97 Å². The third kappa shape index (κ3) is 4.11. The second-order valence-corrected chi connectivity index (χ2v) is 14.6. The van der Waals surface area contributed by atoms with Gasteiger partial charge in [-0.25, -0.2) is 0 Å². The van der Waals surface area contributed by atoms with Gasteiger partial charge in [0.2, 0.25) is 0 Å². The number of carbonyl (C=O) groups excluding carboxylic acids is 2. The number of rotatable bonds is 5. The molecule has 0 aromatic rings. The van der Waals surface area contributed by atoms with Crippen LogP contribution in [-0.4, -0.2) is 41.3 Å². The van der Waals surface area contributed by atoms with Gasteiger partial charge in [-0.05, 0) is 98.7 Å². The van der Waals surface area contributed by atoms with Gasteiger partial charge in [-0.3, -0.25) is 4.79 Å². The SMILES string of the molecule is CCOC(=O)[C@]1(CCC(C)(C)C)CC2=CCC3C(C)(CCC4C3(C)CC[C@H](O)C4(C)C=O)C2CC1O. The van der Waals surface area contributed by atoms with E-state index in [0.29, 0.717) is 38.2 Å². The Balaban J connectivity index is 1.69. The fourth-order valence-corrected chi connectivity index (χ4v) is 9.25. The van der Waals surface area contributed by atoms with Gasteiger partial charge in [0.25, 0.3) is 0 Å². The molecule has 5 heteroatoms. The molecule has 0 heterocycles. The summed E-state index contributed by atoms with van der Waals surface area (Å²) in [7, 11) is 0. The summed E-state index contributed by atoms with van der Waals surface area (Å²) in [6, 6.07) is 0. The number of aliphatic hydroxyl groups is 2. The van der Waals surface area contributed by atoms with Crippen molar-refractivity contribution in [3.8, 4) is 0 Å². The van der Waals surface area contributed by atoms with Crippen molar-refractivity contribution < 1.29 is 24.5 Å². The number of aldehydes is 1. The smallest absolute Gasteiger partial charge is 0.315 e. The molecule has 2 N–H and O–H groups in total. The quantitative estimate of drug-likeness (QED) is 0.279. The number of hydrogen-bond acceptors (Lipinski definition) is 5. The fraction of sp³-hybridized carbons (Fsp3) is 0.871. The molecule has 9 atom stereocenters. The monoisotopic (exact) mass is 502 g/mol. The Morgan fingerprint density at radius 1 is 1.08 bits per heavy atom. The van der Waals surface area contributed by atoms with Crippen molar-refractivity contribution >= 4 is 12.3 Å². The number of esters is 1. The minimum absolute atomic E-state index is 0.00719. The first-order valence-corrected chi connectivity index (χ1v) is 14.4. The number of ether oxygens (including phenoxy) is 1. The molecule has 4 aliphatic rings. The maximum Gasteiger partial charge on any atom is 0.315 e. The molecule has 4 rings (SSSR count). The summed E-state index contributed by atoms with van der Waals surface area (Å²) in [5.74, 6) is 0.543. The third-order valence-corrected chi connectivity index (χ3v) is 11.5. The fourth-order valence-electron chi connectivity index (χ4n) is 9.25. The number of carbonyl (C=O) groups is 2. The Bertz CT molecular complexity index is 903. The van der Waals surface area contributed by atoms with Gasteiger partial charge in [0.15, 0.2) is 0 Å². The normalized spacial score (nSPS) is 46.6. The van der Waals surface area contributed by atoms with E-state index in [9.17, 15) is 19.8 Å². The van der Waals surface area contributed by atoms with Gasteiger partial charge in [-0.2, -0.15) is 0 Å². The molecule has 0 aromatic carbocycles. The van der Waals surface area contributed by atoms with Gasteiger partial charge in [0, 0.05) is 0 Å². The van der Waals surface area contributed by atoms with Crippen LogP contribution in [0.2, 0.25) is 0 Å². The average Bonchev–Trinajstić information content (AvgIpc) is 2.80. The van der Waals surface area contributed by atoms with Crippen molar-refractivity contribution in [2.75, 3.05) is 6.61 Å². The van der Waals surface area contributed by atoms with Crippen LogP contribution in [0.15, 0.2) is 11.6 Å². The van der Waals surface area contributed by atoms with Crippen LogP contribution in [0.1, 0.15) is 106 Å². The van der Waals surface area contributed by atoms with Gasteiger partial charge < -0.3 is 19.7 Å². The van der Waals surface area contributed by atoms with Gasteiger partial charge in [-0.15, -0.1) is 0 Å². The molecule has 36 heavy (non-hydrogen) atoms. The zero-order valence-electron chi connectivity index (χ0n) is 23.7. The highest BCUT2D eigenvalue weighted by molar-refractivity contribution is 5.78. The Labute approximate surface area is 218 Å². The molecule has 3 saturated carbocycles. The first-order valence-electron chi connectivity index (χ1n) is 14.4. The summed E-state index contributed by atoms with van der Waals surface area (Å²) in [5.41, 5.74) is -0.198. The van der Waals surface area contributed by atoms with Crippen LogP contribution in [0.3, 0.4) is 0 Å². The van der Waals surface area contributed by atoms with Gasteiger partial charge in [0.05, 0.1) is 29.6 Å². The van der Waals surface area contributed by atoms with Crippen molar-refractivity contribution in [3.63, 3.8) is 0 Å². The molecule has 0 aliphatic heterocycles. The second-order valence-electron chi connectivity index (χ2n) is 14.6. The summed E-state index contributed by atoms with van der Waals surface area (Å²) in [4.78, 5) is 25.7. The molecule has 0 saturated heterocycles. The maximum absolute atomic E-state index is 13.4. The average molecular weight is 503 g/mol. The maximum atomic E-state index is 13.4. The van der Waals surface area contributed by atoms with E-state index in [1.54, 1.807) is 0 Å². The molecule has 3 fully saturated rings. The van der Waals surface area contributed by atoms with Crippen molar-refractivity contribution in [2.45, 2.75) is 118 Å². The van der Waals surface area contributed by atoms with E-state index in [0.717, 1.165) is 38.4 Å². The van der Waals surface area contributed by atoms with E-state index in [2.05, 4.69) is 40.7 Å². The van der Waals surface area contributed by atoms with E-state index in [-0.39, 0.29) is 34.1 Å². The standard InChI is InChI=1S/C31H50O5/c1-8-36-26(35)31(16-15-27(2,3)4)18-20-9-10-22-28(5,21(20)17-25(31)34)13-11-23-29(22,6)14-12-24(33)30(23,7)19-32/h9,19,21-25,33-34H,8,10-18H2,1-7H3/t21?,22?,23?,24-,25?,28?,29?,30?,31+/m0/s1. The number of aliphatic hydroxyl groups excluding tert-OH is 2. The topological polar surface area (TPSA) is 83.8 Å². The Morgan fingerprint density at radius 3 is 2.36 bits per heavy atom.